The molecule has 2 amide bonds. The molecule has 0 saturated heterocycles. The first-order chi connectivity index (χ1) is 9.97. The van der Waals surface area contributed by atoms with Crippen LogP contribution in [-0.4, -0.2) is 30.1 Å². The molecule has 0 heterocycles. The zero-order valence-corrected chi connectivity index (χ0v) is 12.9. The molecule has 1 rings (SSSR count). The van der Waals surface area contributed by atoms with Gasteiger partial charge in [-0.3, -0.25) is 9.59 Å². The topological polar surface area (TPSA) is 78.4 Å². The Hall–Kier alpha value is -1.88. The molecule has 0 fully saturated rings. The van der Waals surface area contributed by atoms with Gasteiger partial charge in [0.15, 0.2) is 0 Å². The highest BCUT2D eigenvalue weighted by atomic mass is 16.3. The van der Waals surface area contributed by atoms with Crippen LogP contribution in [0.2, 0.25) is 0 Å². The van der Waals surface area contributed by atoms with Crippen molar-refractivity contribution in [3.63, 3.8) is 0 Å². The third kappa shape index (κ3) is 5.55. The van der Waals surface area contributed by atoms with Crippen molar-refractivity contribution in [2.75, 3.05) is 18.5 Å². The van der Waals surface area contributed by atoms with E-state index < -0.39 is 11.8 Å². The van der Waals surface area contributed by atoms with Crippen LogP contribution in [-0.2, 0) is 16.0 Å². The molecule has 5 nitrogen and oxygen atoms in total. The van der Waals surface area contributed by atoms with Crippen LogP contribution < -0.4 is 10.6 Å². The van der Waals surface area contributed by atoms with Crippen LogP contribution in [0, 0.1) is 12.8 Å². The van der Waals surface area contributed by atoms with Gasteiger partial charge in [0, 0.05) is 18.8 Å². The number of carbonyl (C=O) groups excluding carboxylic acids is 2. The summed E-state index contributed by atoms with van der Waals surface area (Å²) in [5.41, 5.74) is 2.93. The number of aliphatic hydroxyl groups is 1. The van der Waals surface area contributed by atoms with Crippen LogP contribution in [0.1, 0.15) is 31.4 Å². The van der Waals surface area contributed by atoms with E-state index >= 15 is 0 Å². The molecular formula is C16H24N2O3. The zero-order valence-electron chi connectivity index (χ0n) is 12.9. The van der Waals surface area contributed by atoms with Gasteiger partial charge in [-0.05, 0) is 48.9 Å². The van der Waals surface area contributed by atoms with Crippen molar-refractivity contribution in [1.29, 1.82) is 0 Å². The largest absolute Gasteiger partial charge is 0.396 e. The number of aryl methyl sites for hydroxylation is 2. The lowest BCUT2D eigenvalue weighted by molar-refractivity contribution is -0.136. The van der Waals surface area contributed by atoms with E-state index in [1.54, 1.807) is 6.07 Å². The summed E-state index contributed by atoms with van der Waals surface area (Å²) in [7, 11) is 0. The van der Waals surface area contributed by atoms with Crippen LogP contribution in [0.3, 0.4) is 0 Å². The van der Waals surface area contributed by atoms with Gasteiger partial charge in [-0.25, -0.2) is 0 Å². The molecule has 0 bridgehead atoms. The minimum absolute atomic E-state index is 0.0758. The molecule has 0 saturated carbocycles. The van der Waals surface area contributed by atoms with Gasteiger partial charge >= 0.3 is 11.8 Å². The van der Waals surface area contributed by atoms with Gasteiger partial charge in [0.2, 0.25) is 0 Å². The second-order valence-corrected chi connectivity index (χ2v) is 5.28. The van der Waals surface area contributed by atoms with Crippen LogP contribution in [0.5, 0.6) is 0 Å². The summed E-state index contributed by atoms with van der Waals surface area (Å²) in [6, 6.07) is 5.60. The Labute approximate surface area is 125 Å². The van der Waals surface area contributed by atoms with E-state index in [2.05, 4.69) is 10.6 Å². The minimum Gasteiger partial charge on any atom is -0.396 e. The first kappa shape index (κ1) is 17.2. The highest BCUT2D eigenvalue weighted by molar-refractivity contribution is 6.39. The number of anilines is 1. The lowest BCUT2D eigenvalue weighted by atomic mass is 10.1. The molecule has 0 aliphatic carbocycles. The molecule has 5 heteroatoms. The Balaban J connectivity index is 2.54. The number of amides is 2. The Bertz CT molecular complexity index is 500. The van der Waals surface area contributed by atoms with Crippen molar-refractivity contribution in [1.82, 2.24) is 5.32 Å². The van der Waals surface area contributed by atoms with E-state index in [0.717, 1.165) is 17.5 Å². The first-order valence-corrected chi connectivity index (χ1v) is 7.27. The lowest BCUT2D eigenvalue weighted by Gasteiger charge is -2.12. The SMILES string of the molecule is CCc1cc(NC(=O)C(=O)NCC(C)CCO)ccc1C. The molecule has 1 unspecified atom stereocenters. The second-order valence-electron chi connectivity index (χ2n) is 5.28. The Morgan fingerprint density at radius 3 is 2.62 bits per heavy atom. The van der Waals surface area contributed by atoms with Gasteiger partial charge in [0.25, 0.3) is 0 Å². The average Bonchev–Trinajstić information content (AvgIpc) is 2.46. The van der Waals surface area contributed by atoms with Crippen molar-refractivity contribution in [2.24, 2.45) is 5.92 Å². The van der Waals surface area contributed by atoms with E-state index in [1.165, 1.54) is 0 Å². The Morgan fingerprint density at radius 2 is 2.00 bits per heavy atom. The van der Waals surface area contributed by atoms with E-state index in [9.17, 15) is 9.59 Å². The number of carbonyl (C=O) groups is 2. The fraction of sp³-hybridized carbons (Fsp3) is 0.500. The normalized spacial score (nSPS) is 11.8. The molecule has 116 valence electrons. The van der Waals surface area contributed by atoms with Gasteiger partial charge in [0.05, 0.1) is 0 Å². The zero-order chi connectivity index (χ0) is 15.8. The van der Waals surface area contributed by atoms with Crippen molar-refractivity contribution >= 4 is 17.5 Å². The molecule has 21 heavy (non-hydrogen) atoms. The van der Waals surface area contributed by atoms with Crippen LogP contribution in [0.15, 0.2) is 18.2 Å². The average molecular weight is 292 g/mol. The summed E-state index contributed by atoms with van der Waals surface area (Å²) in [4.78, 5) is 23.5. The van der Waals surface area contributed by atoms with Crippen molar-refractivity contribution < 1.29 is 14.7 Å². The second kappa shape index (κ2) is 8.42. The highest BCUT2D eigenvalue weighted by Crippen LogP contribution is 2.15. The summed E-state index contributed by atoms with van der Waals surface area (Å²) in [5, 5.41) is 13.9. The Morgan fingerprint density at radius 1 is 1.29 bits per heavy atom. The predicted molar refractivity (Wildman–Crippen MR) is 83.1 cm³/mol. The molecule has 1 aromatic rings. The van der Waals surface area contributed by atoms with Gasteiger partial charge in [-0.15, -0.1) is 0 Å². The number of hydrogen-bond donors (Lipinski definition) is 3. The molecule has 0 aromatic heterocycles. The fourth-order valence-corrected chi connectivity index (χ4v) is 1.99. The van der Waals surface area contributed by atoms with Crippen LogP contribution in [0.25, 0.3) is 0 Å². The number of rotatable bonds is 6. The smallest absolute Gasteiger partial charge is 0.313 e. The number of nitrogens with one attached hydrogen (secondary N) is 2. The van der Waals surface area contributed by atoms with Crippen molar-refractivity contribution in [3.8, 4) is 0 Å². The Kier molecular flexibility index (Phi) is 6.88. The fourth-order valence-electron chi connectivity index (χ4n) is 1.99. The molecule has 1 aromatic carbocycles. The van der Waals surface area contributed by atoms with E-state index in [-0.39, 0.29) is 12.5 Å². The van der Waals surface area contributed by atoms with Gasteiger partial charge in [0.1, 0.15) is 0 Å². The summed E-state index contributed by atoms with van der Waals surface area (Å²) < 4.78 is 0. The lowest BCUT2D eigenvalue weighted by Crippen LogP contribution is -2.37. The summed E-state index contributed by atoms with van der Waals surface area (Å²) in [5.74, 6) is -1.19. The highest BCUT2D eigenvalue weighted by Gasteiger charge is 2.14. The maximum Gasteiger partial charge on any atom is 0.313 e. The number of aliphatic hydroxyl groups excluding tert-OH is 1. The van der Waals surface area contributed by atoms with Gasteiger partial charge < -0.3 is 15.7 Å². The molecule has 1 atom stereocenters. The predicted octanol–water partition coefficient (Wildman–Crippen LogP) is 1.63. The van der Waals surface area contributed by atoms with Crippen molar-refractivity contribution in [2.45, 2.75) is 33.6 Å². The van der Waals surface area contributed by atoms with E-state index in [0.29, 0.717) is 18.7 Å². The summed E-state index contributed by atoms with van der Waals surface area (Å²) in [6.45, 7) is 6.41. The summed E-state index contributed by atoms with van der Waals surface area (Å²) >= 11 is 0. The maximum atomic E-state index is 11.8. The maximum absolute atomic E-state index is 11.8. The third-order valence-corrected chi connectivity index (χ3v) is 3.43. The van der Waals surface area contributed by atoms with E-state index in [4.69, 9.17) is 5.11 Å². The van der Waals surface area contributed by atoms with Gasteiger partial charge in [-0.2, -0.15) is 0 Å². The molecular weight excluding hydrogens is 268 g/mol. The standard InChI is InChI=1S/C16H24N2O3/c1-4-13-9-14(6-5-12(13)3)18-16(21)15(20)17-10-11(2)7-8-19/h5-6,9,11,19H,4,7-8,10H2,1-3H3,(H,17,20)(H,18,21). The summed E-state index contributed by atoms with van der Waals surface area (Å²) in [6.07, 6.45) is 1.47. The van der Waals surface area contributed by atoms with Crippen LogP contribution >= 0.6 is 0 Å². The molecule has 0 aliphatic rings. The minimum atomic E-state index is -0.669. The molecule has 3 N–H and O–H groups in total. The van der Waals surface area contributed by atoms with Crippen LogP contribution in [0.4, 0.5) is 5.69 Å². The third-order valence-electron chi connectivity index (χ3n) is 3.43. The monoisotopic (exact) mass is 292 g/mol. The first-order valence-electron chi connectivity index (χ1n) is 7.27. The van der Waals surface area contributed by atoms with Crippen molar-refractivity contribution in [3.05, 3.63) is 29.3 Å². The van der Waals surface area contributed by atoms with E-state index in [1.807, 2.05) is 32.9 Å². The molecule has 0 spiro atoms. The number of hydrogen-bond acceptors (Lipinski definition) is 3. The quantitative estimate of drug-likeness (QED) is 0.697. The number of benzene rings is 1. The molecule has 0 radical (unpaired) electrons. The molecule has 0 aliphatic heterocycles. The van der Waals surface area contributed by atoms with Gasteiger partial charge in [-0.1, -0.05) is 19.9 Å².